The molecule has 2 aliphatic heterocycles. The van der Waals surface area contributed by atoms with Gasteiger partial charge in [-0.15, -0.1) is 5.10 Å². The molecule has 12 nitrogen and oxygen atoms in total. The smallest absolute Gasteiger partial charge is 0.355 e. The first-order valence-corrected chi connectivity index (χ1v) is 19.2. The van der Waals surface area contributed by atoms with E-state index in [1.165, 1.54) is 16.4 Å². The molecule has 7 rings (SSSR count). The molecular weight excluding hydrogens is 684 g/mol. The van der Waals surface area contributed by atoms with Crippen LogP contribution < -0.4 is 9.21 Å². The van der Waals surface area contributed by atoms with E-state index in [4.69, 9.17) is 4.74 Å². The number of fused-ring (bicyclic) bond motifs is 1. The van der Waals surface area contributed by atoms with Gasteiger partial charge >= 0.3 is 5.97 Å². The van der Waals surface area contributed by atoms with Crippen LogP contribution in [0, 0.1) is 17.7 Å². The number of piperidine rings is 1. The molecule has 0 radical (unpaired) electrons. The predicted octanol–water partition coefficient (Wildman–Crippen LogP) is 5.79. The number of benzene rings is 2. The fourth-order valence-corrected chi connectivity index (χ4v) is 7.79. The van der Waals surface area contributed by atoms with Crippen LogP contribution in [0.4, 0.5) is 15.9 Å². The summed E-state index contributed by atoms with van der Waals surface area (Å²) >= 11 is 0. The summed E-state index contributed by atoms with van der Waals surface area (Å²) in [5.41, 5.74) is 4.51. The van der Waals surface area contributed by atoms with Gasteiger partial charge in [0, 0.05) is 61.0 Å². The number of nitrogens with one attached hydrogen (secondary N) is 1. The number of aromatic amines is 1. The molecule has 0 bridgehead atoms. The molecule has 2 aliphatic rings. The first kappa shape index (κ1) is 35.6. The summed E-state index contributed by atoms with van der Waals surface area (Å²) in [5, 5.41) is 9.29. The van der Waals surface area contributed by atoms with Crippen molar-refractivity contribution in [2.45, 2.75) is 46.1 Å². The lowest BCUT2D eigenvalue weighted by molar-refractivity contribution is 0.0454. The molecule has 0 unspecified atom stereocenters. The first-order valence-electron chi connectivity index (χ1n) is 18.1. The highest BCUT2D eigenvalue weighted by Gasteiger charge is 2.25. The van der Waals surface area contributed by atoms with Gasteiger partial charge in [-0.3, -0.25) is 8.99 Å². The number of anilines is 2. The van der Waals surface area contributed by atoms with E-state index in [1.807, 2.05) is 50.4 Å². The second-order valence-electron chi connectivity index (χ2n) is 14.1. The second kappa shape index (κ2) is 15.8. The van der Waals surface area contributed by atoms with Crippen LogP contribution in [0.2, 0.25) is 0 Å². The molecule has 5 aromatic rings. The normalized spacial score (nSPS) is 15.7. The third-order valence-electron chi connectivity index (χ3n) is 9.95. The third kappa shape index (κ3) is 7.97. The minimum Gasteiger partial charge on any atom is -0.461 e. The summed E-state index contributed by atoms with van der Waals surface area (Å²) in [5.74, 6) is 0.561. The Bertz CT molecular complexity index is 2070. The number of halogens is 1. The number of hydrogen-bond acceptors (Lipinski definition) is 9. The van der Waals surface area contributed by atoms with Gasteiger partial charge in [-0.2, -0.15) is 0 Å². The minimum atomic E-state index is -2.81. The van der Waals surface area contributed by atoms with Crippen LogP contribution in [0.1, 0.15) is 50.0 Å². The average molecular weight is 729 g/mol. The molecule has 1 N–H and O–H groups in total. The van der Waals surface area contributed by atoms with Crippen molar-refractivity contribution in [2.75, 3.05) is 55.1 Å². The number of thiol groups is 1. The van der Waals surface area contributed by atoms with Crippen molar-refractivity contribution in [3.05, 3.63) is 78.5 Å². The lowest BCUT2D eigenvalue weighted by atomic mass is 9.97. The van der Waals surface area contributed by atoms with Crippen LogP contribution in [0.15, 0.2) is 67.0 Å². The number of H-pyrrole nitrogens is 1. The van der Waals surface area contributed by atoms with Crippen LogP contribution in [0.3, 0.4) is 0 Å². The number of nitrogens with zero attached hydrogens (tertiary/aromatic N) is 7. The summed E-state index contributed by atoms with van der Waals surface area (Å²) in [6.07, 6.45) is 7.79. The topological polar surface area (TPSA) is 130 Å². The van der Waals surface area contributed by atoms with Gasteiger partial charge in [-0.1, -0.05) is 31.2 Å². The number of carbonyl (C=O) groups excluding carboxylic acids is 1. The molecule has 3 aromatic heterocycles. The van der Waals surface area contributed by atoms with Crippen molar-refractivity contribution in [3.63, 3.8) is 0 Å². The average Bonchev–Trinajstić information content (AvgIpc) is 3.92. The van der Waals surface area contributed by atoms with E-state index in [2.05, 4.69) is 36.1 Å². The van der Waals surface area contributed by atoms with Crippen LogP contribution in [0.5, 0.6) is 0 Å². The highest BCUT2D eigenvalue weighted by atomic mass is 32.2. The maximum absolute atomic E-state index is 14.3. The SMILES string of the molecule is CC(C)COC(=O)c1[nH]c2ccc(F)cc2c1-c1cn(CC2CCN(CCN(c3ccc(-c4cccnc4N4CCCC4)cc3)[SH](=O)=O)CC2)nn1. The number of esters is 1. The molecule has 0 spiro atoms. The number of aromatic nitrogens is 5. The Hall–Kier alpha value is -4.82. The molecule has 0 atom stereocenters. The van der Waals surface area contributed by atoms with Crippen molar-refractivity contribution in [1.82, 2.24) is 29.9 Å². The Morgan fingerprint density at radius 3 is 2.56 bits per heavy atom. The Labute approximate surface area is 304 Å². The Morgan fingerprint density at radius 2 is 1.83 bits per heavy atom. The van der Waals surface area contributed by atoms with Crippen LogP contribution in [-0.2, 0) is 22.2 Å². The minimum absolute atomic E-state index is 0.167. The van der Waals surface area contributed by atoms with Gasteiger partial charge in [0.2, 0.25) is 10.9 Å². The lowest BCUT2D eigenvalue weighted by Crippen LogP contribution is -2.40. The molecule has 2 fully saturated rings. The largest absolute Gasteiger partial charge is 0.461 e. The van der Waals surface area contributed by atoms with Crippen molar-refractivity contribution in [3.8, 4) is 22.4 Å². The number of ether oxygens (including phenoxy) is 1. The Kier molecular flexibility index (Phi) is 10.8. The zero-order chi connectivity index (χ0) is 36.2. The van der Waals surface area contributed by atoms with Gasteiger partial charge < -0.3 is 19.5 Å². The van der Waals surface area contributed by atoms with Crippen molar-refractivity contribution in [1.29, 1.82) is 0 Å². The highest BCUT2D eigenvalue weighted by molar-refractivity contribution is 7.74. The van der Waals surface area contributed by atoms with E-state index in [-0.39, 0.29) is 18.2 Å². The van der Waals surface area contributed by atoms with Gasteiger partial charge in [0.25, 0.3) is 0 Å². The summed E-state index contributed by atoms with van der Waals surface area (Å²) in [6, 6.07) is 16.1. The lowest BCUT2D eigenvalue weighted by Gasteiger charge is -2.32. The van der Waals surface area contributed by atoms with E-state index in [9.17, 15) is 17.6 Å². The van der Waals surface area contributed by atoms with Gasteiger partial charge in [-0.25, -0.2) is 22.6 Å². The number of carbonyl (C=O) groups is 1. The summed E-state index contributed by atoms with van der Waals surface area (Å²) in [4.78, 5) is 25.4. The van der Waals surface area contributed by atoms with Crippen molar-refractivity contribution < 1.29 is 22.3 Å². The molecule has 0 saturated carbocycles. The quantitative estimate of drug-likeness (QED) is 0.114. The molecule has 14 heteroatoms. The fraction of sp³-hybridized carbons (Fsp3) is 0.421. The van der Waals surface area contributed by atoms with E-state index in [0.29, 0.717) is 53.4 Å². The van der Waals surface area contributed by atoms with Crippen molar-refractivity contribution >= 4 is 39.3 Å². The zero-order valence-electron chi connectivity index (χ0n) is 29.6. The van der Waals surface area contributed by atoms with E-state index >= 15 is 0 Å². The molecule has 0 aliphatic carbocycles. The monoisotopic (exact) mass is 728 g/mol. The van der Waals surface area contributed by atoms with Crippen molar-refractivity contribution in [2.24, 2.45) is 11.8 Å². The van der Waals surface area contributed by atoms with Gasteiger partial charge in [0.05, 0.1) is 18.5 Å². The van der Waals surface area contributed by atoms with Crippen LogP contribution in [-0.4, -0.2) is 90.1 Å². The number of rotatable bonds is 13. The fourth-order valence-electron chi connectivity index (χ4n) is 7.21. The molecule has 0 amide bonds. The maximum atomic E-state index is 14.3. The number of hydrogen-bond donors (Lipinski definition) is 2. The maximum Gasteiger partial charge on any atom is 0.355 e. The van der Waals surface area contributed by atoms with E-state index in [1.54, 1.807) is 16.9 Å². The summed E-state index contributed by atoms with van der Waals surface area (Å²) in [7, 11) is -2.81. The van der Waals surface area contributed by atoms with Gasteiger partial charge in [-0.05, 0) is 98.6 Å². The standard InChI is InChI=1S/C38H45FN8O4S/c1-26(2)25-51-38(48)36-35(32-22-29(39)9-12-33(32)41-36)34-24-46(43-42-34)23-27-13-18-44(19-14-27)20-21-47(52(49)50)30-10-7-28(8-11-30)31-6-5-15-40-37(31)45-16-3-4-17-45/h5-12,15,22,24,26-27,41,52H,3-4,13-14,16-21,23,25H2,1-2H3. The van der Waals surface area contributed by atoms with Gasteiger partial charge in [0.1, 0.15) is 23.0 Å². The molecule has 2 saturated heterocycles. The van der Waals surface area contributed by atoms with E-state index in [0.717, 1.165) is 68.8 Å². The van der Waals surface area contributed by atoms with Crippen LogP contribution >= 0.6 is 0 Å². The summed E-state index contributed by atoms with van der Waals surface area (Å²) < 4.78 is 47.8. The third-order valence-corrected chi connectivity index (χ3v) is 10.8. The van der Waals surface area contributed by atoms with E-state index < -0.39 is 22.7 Å². The predicted molar refractivity (Wildman–Crippen MR) is 200 cm³/mol. The molecule has 52 heavy (non-hydrogen) atoms. The molecule has 2 aromatic carbocycles. The molecular formula is C38H45FN8O4S. The molecule has 274 valence electrons. The second-order valence-corrected chi connectivity index (χ2v) is 15.1. The molecule has 5 heterocycles. The zero-order valence-corrected chi connectivity index (χ0v) is 30.5. The highest BCUT2D eigenvalue weighted by Crippen LogP contribution is 2.34. The first-order chi connectivity index (χ1) is 25.2. The van der Waals surface area contributed by atoms with Crippen LogP contribution in [0.25, 0.3) is 33.3 Å². The Balaban J connectivity index is 0.956. The number of pyridine rings is 1. The Morgan fingerprint density at radius 1 is 1.06 bits per heavy atom. The number of likely N-dealkylation sites (tertiary alicyclic amines) is 1. The summed E-state index contributed by atoms with van der Waals surface area (Å²) in [6.45, 7) is 9.49. The van der Waals surface area contributed by atoms with Gasteiger partial charge in [0.15, 0.2) is 0 Å².